The number of nitrogens with zero attached hydrogens (tertiary/aromatic N) is 3. The number of ether oxygens (including phenoxy) is 2. The first-order valence-corrected chi connectivity index (χ1v) is 12.8. The van der Waals surface area contributed by atoms with Crippen molar-refractivity contribution in [2.45, 2.75) is 71.6 Å². The van der Waals surface area contributed by atoms with Gasteiger partial charge in [-0.2, -0.15) is 0 Å². The number of rotatable bonds is 13. The summed E-state index contributed by atoms with van der Waals surface area (Å²) in [7, 11) is 0. The van der Waals surface area contributed by atoms with Gasteiger partial charge in [-0.25, -0.2) is 15.0 Å². The van der Waals surface area contributed by atoms with Crippen LogP contribution in [0.2, 0.25) is 0 Å². The third kappa shape index (κ3) is 7.57. The number of fused-ring (bicyclic) bond motifs is 1. The molecule has 0 radical (unpaired) electrons. The van der Waals surface area contributed by atoms with E-state index in [1.165, 1.54) is 5.56 Å². The van der Waals surface area contributed by atoms with Gasteiger partial charge in [-0.1, -0.05) is 6.07 Å². The van der Waals surface area contributed by atoms with Crippen LogP contribution in [0.3, 0.4) is 0 Å². The van der Waals surface area contributed by atoms with Crippen LogP contribution >= 0.6 is 0 Å². The van der Waals surface area contributed by atoms with Gasteiger partial charge in [-0.15, -0.1) is 0 Å². The largest absolute Gasteiger partial charge is 0.465 e. The molecule has 0 amide bonds. The quantitative estimate of drug-likeness (QED) is 0.251. The lowest BCUT2D eigenvalue weighted by atomic mass is 9.82. The number of ketones is 1. The molecule has 1 unspecified atom stereocenters. The first-order valence-electron chi connectivity index (χ1n) is 12.8. The third-order valence-electron chi connectivity index (χ3n) is 6.25. The Morgan fingerprint density at radius 3 is 2.39 bits per heavy atom. The molecule has 1 atom stereocenters. The second kappa shape index (κ2) is 13.7. The van der Waals surface area contributed by atoms with E-state index >= 15 is 0 Å². The number of unbranched alkanes of at least 4 members (excludes halogenated alkanes) is 1. The van der Waals surface area contributed by atoms with Gasteiger partial charge in [0.05, 0.1) is 13.2 Å². The van der Waals surface area contributed by atoms with Crippen molar-refractivity contribution in [3.63, 3.8) is 0 Å². The van der Waals surface area contributed by atoms with Crippen molar-refractivity contribution in [2.24, 2.45) is 5.92 Å². The van der Waals surface area contributed by atoms with Crippen molar-refractivity contribution < 1.29 is 23.9 Å². The summed E-state index contributed by atoms with van der Waals surface area (Å²) >= 11 is 0. The predicted molar refractivity (Wildman–Crippen MR) is 134 cm³/mol. The van der Waals surface area contributed by atoms with E-state index in [1.807, 2.05) is 0 Å². The molecule has 0 aliphatic carbocycles. The molecule has 0 saturated heterocycles. The Hall–Kier alpha value is -3.36. The van der Waals surface area contributed by atoms with Crippen LogP contribution in [0.1, 0.15) is 74.5 Å². The lowest BCUT2D eigenvalue weighted by Gasteiger charge is -2.24. The smallest absolute Gasteiger partial charge is 0.320 e. The number of aryl methyl sites for hydroxylation is 3. The number of carbonyl (C=O) groups is 3. The molecule has 194 valence electrons. The maximum atomic E-state index is 13.0. The Labute approximate surface area is 212 Å². The molecule has 2 aromatic heterocycles. The molecule has 1 aliphatic rings. The van der Waals surface area contributed by atoms with Crippen LogP contribution in [-0.2, 0) is 36.7 Å². The summed E-state index contributed by atoms with van der Waals surface area (Å²) in [5.41, 5.74) is 2.80. The Morgan fingerprint density at radius 2 is 1.72 bits per heavy atom. The minimum atomic E-state index is -1.26. The number of hydrogen-bond donors (Lipinski definition) is 1. The maximum absolute atomic E-state index is 13.0. The minimum Gasteiger partial charge on any atom is -0.465 e. The number of pyridine rings is 1. The maximum Gasteiger partial charge on any atom is 0.320 e. The highest BCUT2D eigenvalue weighted by Crippen LogP contribution is 2.31. The summed E-state index contributed by atoms with van der Waals surface area (Å²) in [5.74, 6) is -1.94. The fraction of sp³-hybridized carbons (Fsp3) is 0.556. The van der Waals surface area contributed by atoms with E-state index in [2.05, 4.69) is 27.4 Å². The Balaban J connectivity index is 1.64. The molecule has 9 nitrogen and oxygen atoms in total. The summed E-state index contributed by atoms with van der Waals surface area (Å²) < 4.78 is 10.3. The van der Waals surface area contributed by atoms with Crippen LogP contribution in [-0.4, -0.2) is 52.4 Å². The fourth-order valence-corrected chi connectivity index (χ4v) is 4.39. The van der Waals surface area contributed by atoms with E-state index in [4.69, 9.17) is 14.5 Å². The van der Waals surface area contributed by atoms with E-state index < -0.39 is 23.8 Å². The summed E-state index contributed by atoms with van der Waals surface area (Å²) in [6.45, 7) is 6.26. The number of Topliss-reactive ketones (excluding diaryl/α,β-unsaturated/α-hetero) is 1. The van der Waals surface area contributed by atoms with Crippen LogP contribution in [0.15, 0.2) is 24.5 Å². The van der Waals surface area contributed by atoms with Crippen molar-refractivity contribution in [2.75, 3.05) is 25.1 Å². The van der Waals surface area contributed by atoms with Crippen molar-refractivity contribution in [3.05, 3.63) is 47.2 Å². The van der Waals surface area contributed by atoms with Gasteiger partial charge in [0.25, 0.3) is 0 Å². The first kappa shape index (κ1) is 27.2. The van der Waals surface area contributed by atoms with Crippen LogP contribution in [0.25, 0.3) is 0 Å². The number of anilines is 1. The number of aromatic nitrogens is 3. The van der Waals surface area contributed by atoms with Crippen molar-refractivity contribution in [1.29, 1.82) is 0 Å². The summed E-state index contributed by atoms with van der Waals surface area (Å²) in [6.07, 6.45) is 7.91. The zero-order valence-electron chi connectivity index (χ0n) is 21.4. The lowest BCUT2D eigenvalue weighted by Crippen LogP contribution is -2.34. The molecular formula is C27H36N4O5. The zero-order valence-corrected chi connectivity index (χ0v) is 21.4. The number of hydrogen-bond acceptors (Lipinski definition) is 9. The van der Waals surface area contributed by atoms with E-state index in [0.29, 0.717) is 24.2 Å². The van der Waals surface area contributed by atoms with Crippen LogP contribution in [0.5, 0.6) is 0 Å². The summed E-state index contributed by atoms with van der Waals surface area (Å²) in [6, 6.07) is 4.19. The number of esters is 2. The highest BCUT2D eigenvalue weighted by Gasteiger charge is 2.39. The molecule has 3 rings (SSSR count). The van der Waals surface area contributed by atoms with Crippen LogP contribution in [0.4, 0.5) is 5.82 Å². The number of carbonyl (C=O) groups excluding carboxylic acids is 3. The van der Waals surface area contributed by atoms with Crippen molar-refractivity contribution in [3.8, 4) is 0 Å². The normalized spacial score (nSPS) is 13.4. The van der Waals surface area contributed by atoms with Gasteiger partial charge in [0.1, 0.15) is 17.4 Å². The standard InChI is InChI=1S/C27H36N4O5/c1-4-35-26(33)24(27(34)36-5-2)23(20-16-29-18(3)30-17-20)15-22(32)11-7-6-10-21-13-12-19-9-8-14-28-25(19)31-21/h12-13,16-17,23-24H,4-11,14-15H2,1-3H3,(H,28,31). The highest BCUT2D eigenvalue weighted by atomic mass is 16.6. The molecule has 1 aliphatic heterocycles. The highest BCUT2D eigenvalue weighted by molar-refractivity contribution is 5.97. The molecule has 0 bridgehead atoms. The SMILES string of the molecule is CCOC(=O)C(C(=O)OCC)C(CC(=O)CCCCc1ccc2c(n1)NCCC2)c1cnc(C)nc1. The lowest BCUT2D eigenvalue weighted by molar-refractivity contribution is -0.162. The van der Waals surface area contributed by atoms with Crippen molar-refractivity contribution >= 4 is 23.5 Å². The summed E-state index contributed by atoms with van der Waals surface area (Å²) in [4.78, 5) is 51.6. The van der Waals surface area contributed by atoms with Gasteiger partial charge in [0, 0.05) is 43.4 Å². The van der Waals surface area contributed by atoms with Gasteiger partial charge in [0.2, 0.25) is 0 Å². The molecule has 0 saturated carbocycles. The second-order valence-electron chi connectivity index (χ2n) is 8.94. The molecular weight excluding hydrogens is 460 g/mol. The average molecular weight is 497 g/mol. The fourth-order valence-electron chi connectivity index (χ4n) is 4.39. The summed E-state index contributed by atoms with van der Waals surface area (Å²) in [5, 5.41) is 3.35. The first-order chi connectivity index (χ1) is 17.4. The Kier molecular flexibility index (Phi) is 10.3. The van der Waals surface area contributed by atoms with Crippen LogP contribution in [0, 0.1) is 12.8 Å². The monoisotopic (exact) mass is 496 g/mol. The molecule has 0 fully saturated rings. The van der Waals surface area contributed by atoms with E-state index in [0.717, 1.165) is 43.7 Å². The zero-order chi connectivity index (χ0) is 25.9. The minimum absolute atomic E-state index is 0.00423. The predicted octanol–water partition coefficient (Wildman–Crippen LogP) is 3.74. The van der Waals surface area contributed by atoms with Gasteiger partial charge in [-0.3, -0.25) is 14.4 Å². The second-order valence-corrected chi connectivity index (χ2v) is 8.94. The molecule has 3 heterocycles. The van der Waals surface area contributed by atoms with Crippen molar-refractivity contribution in [1.82, 2.24) is 15.0 Å². The topological polar surface area (TPSA) is 120 Å². The average Bonchev–Trinajstić information content (AvgIpc) is 2.87. The molecule has 2 aromatic rings. The van der Waals surface area contributed by atoms with E-state index in [9.17, 15) is 14.4 Å². The Bertz CT molecular complexity index is 1020. The molecule has 0 spiro atoms. The third-order valence-corrected chi connectivity index (χ3v) is 6.25. The molecule has 1 N–H and O–H groups in total. The Morgan fingerprint density at radius 1 is 1.03 bits per heavy atom. The van der Waals surface area contributed by atoms with Gasteiger partial charge in [0.15, 0.2) is 5.92 Å². The molecule has 0 aromatic carbocycles. The van der Waals surface area contributed by atoms with Gasteiger partial charge in [-0.05, 0) is 70.1 Å². The van der Waals surface area contributed by atoms with E-state index in [1.54, 1.807) is 33.2 Å². The van der Waals surface area contributed by atoms with Gasteiger partial charge >= 0.3 is 11.9 Å². The van der Waals surface area contributed by atoms with E-state index in [-0.39, 0.29) is 25.4 Å². The van der Waals surface area contributed by atoms with Crippen LogP contribution < -0.4 is 5.32 Å². The number of nitrogens with one attached hydrogen (secondary N) is 1. The molecule has 9 heteroatoms. The molecule has 36 heavy (non-hydrogen) atoms. The van der Waals surface area contributed by atoms with Gasteiger partial charge < -0.3 is 14.8 Å².